The quantitative estimate of drug-likeness (QED) is 0.525. The van der Waals surface area contributed by atoms with Crippen molar-refractivity contribution in [1.82, 2.24) is 20.4 Å². The fourth-order valence-electron chi connectivity index (χ4n) is 4.43. The lowest BCUT2D eigenvalue weighted by Crippen LogP contribution is -2.50. The Balaban J connectivity index is 1.66. The van der Waals surface area contributed by atoms with E-state index >= 15 is 0 Å². The Kier molecular flexibility index (Phi) is 7.59. The summed E-state index contributed by atoms with van der Waals surface area (Å²) in [6.45, 7) is 8.74. The van der Waals surface area contributed by atoms with E-state index in [1.807, 2.05) is 30.9 Å². The predicted octanol–water partition coefficient (Wildman–Crippen LogP) is 2.89. The third-order valence-electron chi connectivity index (χ3n) is 6.52. The molecule has 0 bridgehead atoms. The SMILES string of the molecule is CN=C(NCC1(c2ccc(OC)cc2)CCOCC1)NC(C)Cc1c(C)nn(C)c1C. The number of aliphatic imine (C=N–C) groups is 1. The van der Waals surface area contributed by atoms with Crippen molar-refractivity contribution in [2.24, 2.45) is 12.0 Å². The first-order valence-corrected chi connectivity index (χ1v) is 11.1. The maximum atomic E-state index is 5.67. The Labute approximate surface area is 186 Å². The molecule has 1 aromatic carbocycles. The summed E-state index contributed by atoms with van der Waals surface area (Å²) < 4.78 is 13.0. The van der Waals surface area contributed by atoms with Crippen molar-refractivity contribution in [3.05, 3.63) is 46.8 Å². The van der Waals surface area contributed by atoms with Crippen LogP contribution < -0.4 is 15.4 Å². The molecule has 1 aliphatic heterocycles. The zero-order valence-corrected chi connectivity index (χ0v) is 19.8. The molecule has 2 N–H and O–H groups in total. The van der Waals surface area contributed by atoms with Gasteiger partial charge in [0.05, 0.1) is 12.8 Å². The topological polar surface area (TPSA) is 72.7 Å². The number of hydrogen-bond acceptors (Lipinski definition) is 4. The molecule has 7 heteroatoms. The van der Waals surface area contributed by atoms with Gasteiger partial charge in [-0.25, -0.2) is 0 Å². The summed E-state index contributed by atoms with van der Waals surface area (Å²) in [5.74, 6) is 1.71. The van der Waals surface area contributed by atoms with Crippen LogP contribution in [-0.2, 0) is 23.6 Å². The minimum atomic E-state index is 0.0158. The van der Waals surface area contributed by atoms with Crippen LogP contribution in [0, 0.1) is 13.8 Å². The number of hydrogen-bond donors (Lipinski definition) is 2. The maximum absolute atomic E-state index is 5.67. The Morgan fingerprint density at radius 3 is 2.48 bits per heavy atom. The Bertz CT molecular complexity index is 882. The smallest absolute Gasteiger partial charge is 0.191 e. The van der Waals surface area contributed by atoms with Gasteiger partial charge in [-0.15, -0.1) is 0 Å². The van der Waals surface area contributed by atoms with Crippen LogP contribution in [0.3, 0.4) is 0 Å². The standard InChI is InChI=1S/C24H37N5O2/c1-17(15-22-18(2)28-29(5)19(22)3)27-23(25-4)26-16-24(11-13-31-14-12-24)20-7-9-21(30-6)10-8-20/h7-10,17H,11-16H2,1-6H3,(H2,25,26,27). The maximum Gasteiger partial charge on any atom is 0.191 e. The van der Waals surface area contributed by atoms with Crippen LogP contribution in [0.4, 0.5) is 0 Å². The Morgan fingerprint density at radius 1 is 1.26 bits per heavy atom. The van der Waals surface area contributed by atoms with E-state index in [-0.39, 0.29) is 11.5 Å². The van der Waals surface area contributed by atoms with E-state index in [1.165, 1.54) is 16.8 Å². The van der Waals surface area contributed by atoms with Crippen molar-refractivity contribution >= 4 is 5.96 Å². The highest BCUT2D eigenvalue weighted by molar-refractivity contribution is 5.80. The van der Waals surface area contributed by atoms with Crippen LogP contribution in [-0.4, -0.2) is 55.7 Å². The highest BCUT2D eigenvalue weighted by Crippen LogP contribution is 2.35. The largest absolute Gasteiger partial charge is 0.497 e. The van der Waals surface area contributed by atoms with Gasteiger partial charge in [-0.2, -0.15) is 5.10 Å². The first kappa shape index (κ1) is 23.1. The van der Waals surface area contributed by atoms with Crippen molar-refractivity contribution in [2.75, 3.05) is 33.9 Å². The fourth-order valence-corrected chi connectivity index (χ4v) is 4.43. The average Bonchev–Trinajstić information content (AvgIpc) is 3.03. The van der Waals surface area contributed by atoms with Crippen LogP contribution in [0.1, 0.15) is 42.3 Å². The van der Waals surface area contributed by atoms with Crippen molar-refractivity contribution in [3.63, 3.8) is 0 Å². The van der Waals surface area contributed by atoms with E-state index in [0.717, 1.165) is 56.4 Å². The number of aromatic nitrogens is 2. The van der Waals surface area contributed by atoms with Crippen LogP contribution in [0.25, 0.3) is 0 Å². The second-order valence-corrected chi connectivity index (χ2v) is 8.57. The van der Waals surface area contributed by atoms with Crippen molar-refractivity contribution < 1.29 is 9.47 Å². The number of rotatable bonds is 7. The number of methoxy groups -OCH3 is 1. The van der Waals surface area contributed by atoms with Crippen molar-refractivity contribution in [3.8, 4) is 5.75 Å². The number of ether oxygens (including phenoxy) is 2. The molecule has 1 unspecified atom stereocenters. The molecule has 170 valence electrons. The van der Waals surface area contributed by atoms with Gasteiger partial charge in [-0.3, -0.25) is 9.67 Å². The summed E-state index contributed by atoms with van der Waals surface area (Å²) in [6, 6.07) is 8.68. The van der Waals surface area contributed by atoms with E-state index in [0.29, 0.717) is 0 Å². The molecule has 1 fully saturated rings. The van der Waals surface area contributed by atoms with E-state index in [1.54, 1.807) is 7.11 Å². The molecule has 0 spiro atoms. The molecule has 1 atom stereocenters. The minimum Gasteiger partial charge on any atom is -0.497 e. The lowest BCUT2D eigenvalue weighted by molar-refractivity contribution is 0.0513. The summed E-state index contributed by atoms with van der Waals surface area (Å²) in [7, 11) is 5.52. The number of aryl methyl sites for hydroxylation is 2. The molecule has 1 aromatic heterocycles. The second-order valence-electron chi connectivity index (χ2n) is 8.57. The molecule has 1 aliphatic rings. The highest BCUT2D eigenvalue weighted by atomic mass is 16.5. The molecular weight excluding hydrogens is 390 g/mol. The van der Waals surface area contributed by atoms with Gasteiger partial charge in [0.1, 0.15) is 5.75 Å². The molecule has 3 rings (SSSR count). The summed E-state index contributed by atoms with van der Waals surface area (Å²) in [4.78, 5) is 4.48. The second kappa shape index (κ2) is 10.2. The summed E-state index contributed by atoms with van der Waals surface area (Å²) in [6.07, 6.45) is 2.86. The van der Waals surface area contributed by atoms with Crippen LogP contribution in [0.5, 0.6) is 5.75 Å². The molecule has 0 saturated carbocycles. The lowest BCUT2D eigenvalue weighted by Gasteiger charge is -2.38. The molecule has 0 radical (unpaired) electrons. The molecule has 7 nitrogen and oxygen atoms in total. The third kappa shape index (κ3) is 5.39. The van der Waals surface area contributed by atoms with E-state index in [9.17, 15) is 0 Å². The summed E-state index contributed by atoms with van der Waals surface area (Å²) >= 11 is 0. The van der Waals surface area contributed by atoms with Gasteiger partial charge >= 0.3 is 0 Å². The number of nitrogens with one attached hydrogen (secondary N) is 2. The molecule has 31 heavy (non-hydrogen) atoms. The monoisotopic (exact) mass is 427 g/mol. The van der Waals surface area contributed by atoms with Crippen molar-refractivity contribution in [1.29, 1.82) is 0 Å². The summed E-state index contributed by atoms with van der Waals surface area (Å²) in [5.41, 5.74) is 4.94. The Morgan fingerprint density at radius 2 is 1.94 bits per heavy atom. The molecule has 1 saturated heterocycles. The van der Waals surface area contributed by atoms with Gasteiger partial charge in [-0.05, 0) is 63.3 Å². The molecule has 0 aliphatic carbocycles. The molecule has 0 amide bonds. The van der Waals surface area contributed by atoms with Gasteiger partial charge in [-0.1, -0.05) is 12.1 Å². The fraction of sp³-hybridized carbons (Fsp3) is 0.583. The van der Waals surface area contributed by atoms with E-state index < -0.39 is 0 Å². The summed E-state index contributed by atoms with van der Waals surface area (Å²) in [5, 5.41) is 11.7. The van der Waals surface area contributed by atoms with Gasteiger partial charge in [0.15, 0.2) is 5.96 Å². The van der Waals surface area contributed by atoms with Crippen LogP contribution in [0.15, 0.2) is 29.3 Å². The van der Waals surface area contributed by atoms with Crippen molar-refractivity contribution in [2.45, 2.75) is 51.5 Å². The lowest BCUT2D eigenvalue weighted by atomic mass is 9.74. The molecule has 2 aromatic rings. The minimum absolute atomic E-state index is 0.0158. The van der Waals surface area contributed by atoms with Gasteiger partial charge in [0.2, 0.25) is 0 Å². The Hall–Kier alpha value is -2.54. The number of guanidine groups is 1. The number of nitrogens with zero attached hydrogens (tertiary/aromatic N) is 3. The van der Waals surface area contributed by atoms with Gasteiger partial charge in [0, 0.05) is 51.0 Å². The average molecular weight is 428 g/mol. The van der Waals surface area contributed by atoms with Gasteiger partial charge < -0.3 is 20.1 Å². The highest BCUT2D eigenvalue weighted by Gasteiger charge is 2.34. The normalized spacial score (nSPS) is 17.3. The third-order valence-corrected chi connectivity index (χ3v) is 6.52. The zero-order chi connectivity index (χ0) is 22.4. The van der Waals surface area contributed by atoms with Crippen LogP contribution in [0.2, 0.25) is 0 Å². The number of benzene rings is 1. The molecule has 2 heterocycles. The van der Waals surface area contributed by atoms with E-state index in [2.05, 4.69) is 53.6 Å². The predicted molar refractivity (Wildman–Crippen MR) is 125 cm³/mol. The van der Waals surface area contributed by atoms with E-state index in [4.69, 9.17) is 9.47 Å². The zero-order valence-electron chi connectivity index (χ0n) is 19.8. The first-order valence-electron chi connectivity index (χ1n) is 11.1. The van der Waals surface area contributed by atoms with Crippen LogP contribution >= 0.6 is 0 Å². The molecular formula is C24H37N5O2. The van der Waals surface area contributed by atoms with Gasteiger partial charge in [0.25, 0.3) is 0 Å². The first-order chi connectivity index (χ1) is 14.9.